The number of rotatable bonds is 4. The first kappa shape index (κ1) is 9.98. The number of benzene rings is 1. The molecule has 0 saturated carbocycles. The van der Waals surface area contributed by atoms with E-state index in [9.17, 15) is 0 Å². The second kappa shape index (κ2) is 4.81. The third-order valence-electron chi connectivity index (χ3n) is 2.09. The molecular formula is C9H16N4. The topological polar surface area (TPSA) is 76.1 Å². The minimum Gasteiger partial charge on any atom is -0.324 e. The molecule has 72 valence electrons. The highest BCUT2D eigenvalue weighted by molar-refractivity contribution is 5.43. The van der Waals surface area contributed by atoms with Crippen molar-refractivity contribution < 1.29 is 0 Å². The summed E-state index contributed by atoms with van der Waals surface area (Å²) in [5, 5.41) is 0. The highest BCUT2D eigenvalue weighted by Crippen LogP contribution is 2.17. The molecule has 0 radical (unpaired) electrons. The third-order valence-corrected chi connectivity index (χ3v) is 2.09. The van der Waals surface area contributed by atoms with E-state index in [0.29, 0.717) is 0 Å². The van der Waals surface area contributed by atoms with Crippen LogP contribution in [0.25, 0.3) is 0 Å². The van der Waals surface area contributed by atoms with Gasteiger partial charge < -0.3 is 5.43 Å². The Morgan fingerprint density at radius 3 is 2.23 bits per heavy atom. The molecule has 6 N–H and O–H groups in total. The van der Waals surface area contributed by atoms with E-state index >= 15 is 0 Å². The van der Waals surface area contributed by atoms with Crippen molar-refractivity contribution in [2.75, 3.05) is 5.43 Å². The summed E-state index contributed by atoms with van der Waals surface area (Å²) in [5.41, 5.74) is 7.40. The van der Waals surface area contributed by atoms with Crippen LogP contribution in [0, 0.1) is 0 Å². The molecule has 4 nitrogen and oxygen atoms in total. The van der Waals surface area contributed by atoms with E-state index < -0.39 is 0 Å². The summed E-state index contributed by atoms with van der Waals surface area (Å²) in [6.45, 7) is 2.08. The van der Waals surface area contributed by atoms with Gasteiger partial charge in [-0.3, -0.25) is 17.1 Å². The SMILES string of the molecule is CCC(NN)c1ccc(NN)cc1. The van der Waals surface area contributed by atoms with Crippen molar-refractivity contribution in [2.24, 2.45) is 11.7 Å². The Balaban J connectivity index is 2.78. The van der Waals surface area contributed by atoms with Crippen molar-refractivity contribution in [1.82, 2.24) is 5.43 Å². The van der Waals surface area contributed by atoms with Gasteiger partial charge in [0.1, 0.15) is 0 Å². The minimum atomic E-state index is 0.215. The molecular weight excluding hydrogens is 164 g/mol. The first-order valence-corrected chi connectivity index (χ1v) is 4.34. The van der Waals surface area contributed by atoms with E-state index in [4.69, 9.17) is 11.7 Å². The molecule has 0 amide bonds. The van der Waals surface area contributed by atoms with Gasteiger partial charge in [-0.05, 0) is 24.1 Å². The number of hydrazine groups is 2. The Bertz CT molecular complexity index is 240. The molecule has 0 saturated heterocycles. The molecule has 0 bridgehead atoms. The molecule has 1 unspecified atom stereocenters. The normalized spacial score (nSPS) is 12.5. The second-order valence-corrected chi connectivity index (χ2v) is 2.89. The van der Waals surface area contributed by atoms with Gasteiger partial charge in [0.25, 0.3) is 0 Å². The monoisotopic (exact) mass is 180 g/mol. The summed E-state index contributed by atoms with van der Waals surface area (Å²) in [4.78, 5) is 0. The third kappa shape index (κ3) is 2.42. The molecule has 0 aliphatic heterocycles. The number of nitrogen functional groups attached to an aromatic ring is 1. The molecule has 1 rings (SSSR count). The maximum absolute atomic E-state index is 5.40. The summed E-state index contributed by atoms with van der Waals surface area (Å²) < 4.78 is 0. The van der Waals surface area contributed by atoms with Gasteiger partial charge in [0.15, 0.2) is 0 Å². The van der Waals surface area contributed by atoms with Crippen molar-refractivity contribution in [3.63, 3.8) is 0 Å². The predicted molar refractivity (Wildman–Crippen MR) is 54.6 cm³/mol. The fourth-order valence-electron chi connectivity index (χ4n) is 1.26. The van der Waals surface area contributed by atoms with Crippen LogP contribution >= 0.6 is 0 Å². The van der Waals surface area contributed by atoms with E-state index in [1.54, 1.807) is 0 Å². The molecule has 0 aromatic heterocycles. The molecule has 0 aliphatic carbocycles. The van der Waals surface area contributed by atoms with Gasteiger partial charge >= 0.3 is 0 Å². The van der Waals surface area contributed by atoms with E-state index in [0.717, 1.165) is 12.1 Å². The van der Waals surface area contributed by atoms with Crippen molar-refractivity contribution in [1.29, 1.82) is 0 Å². The minimum absolute atomic E-state index is 0.215. The van der Waals surface area contributed by atoms with Gasteiger partial charge in [0, 0.05) is 11.7 Å². The summed E-state index contributed by atoms with van der Waals surface area (Å²) in [6.07, 6.45) is 0.964. The van der Waals surface area contributed by atoms with Crippen LogP contribution in [0.4, 0.5) is 5.69 Å². The van der Waals surface area contributed by atoms with Gasteiger partial charge in [-0.2, -0.15) is 0 Å². The number of nitrogens with one attached hydrogen (secondary N) is 2. The molecule has 0 heterocycles. The zero-order valence-electron chi connectivity index (χ0n) is 7.75. The zero-order chi connectivity index (χ0) is 9.68. The lowest BCUT2D eigenvalue weighted by atomic mass is 10.1. The van der Waals surface area contributed by atoms with Gasteiger partial charge in [-0.1, -0.05) is 19.1 Å². The number of anilines is 1. The lowest BCUT2D eigenvalue weighted by molar-refractivity contribution is 0.539. The summed E-state index contributed by atoms with van der Waals surface area (Å²) in [5.74, 6) is 10.6. The van der Waals surface area contributed by atoms with Crippen molar-refractivity contribution >= 4 is 5.69 Å². The first-order chi connectivity index (χ1) is 6.31. The Morgan fingerprint density at radius 2 is 1.85 bits per heavy atom. The van der Waals surface area contributed by atoms with Crippen LogP contribution in [0.15, 0.2) is 24.3 Å². The first-order valence-electron chi connectivity index (χ1n) is 4.34. The summed E-state index contributed by atoms with van der Waals surface area (Å²) >= 11 is 0. The fourth-order valence-corrected chi connectivity index (χ4v) is 1.26. The molecule has 1 atom stereocenters. The van der Waals surface area contributed by atoms with Crippen molar-refractivity contribution in [3.8, 4) is 0 Å². The summed E-state index contributed by atoms with van der Waals surface area (Å²) in [6, 6.07) is 8.07. The van der Waals surface area contributed by atoms with Crippen molar-refractivity contribution in [2.45, 2.75) is 19.4 Å². The Labute approximate surface area is 78.2 Å². The maximum Gasteiger partial charge on any atom is 0.0485 e. The van der Waals surface area contributed by atoms with Crippen LogP contribution in [0.3, 0.4) is 0 Å². The lowest BCUT2D eigenvalue weighted by Crippen LogP contribution is -2.27. The van der Waals surface area contributed by atoms with Crippen LogP contribution < -0.4 is 22.5 Å². The number of hydrogen-bond acceptors (Lipinski definition) is 4. The highest BCUT2D eigenvalue weighted by atomic mass is 15.2. The Hall–Kier alpha value is -1.10. The maximum atomic E-state index is 5.40. The van der Waals surface area contributed by atoms with E-state index in [1.165, 1.54) is 5.56 Å². The Kier molecular flexibility index (Phi) is 3.70. The van der Waals surface area contributed by atoms with E-state index in [1.807, 2.05) is 24.3 Å². The average Bonchev–Trinajstić information content (AvgIpc) is 2.21. The van der Waals surface area contributed by atoms with Gasteiger partial charge in [0.2, 0.25) is 0 Å². The lowest BCUT2D eigenvalue weighted by Gasteiger charge is -2.13. The van der Waals surface area contributed by atoms with Crippen LogP contribution in [0.1, 0.15) is 24.9 Å². The van der Waals surface area contributed by atoms with Crippen LogP contribution in [-0.2, 0) is 0 Å². The van der Waals surface area contributed by atoms with Crippen LogP contribution in [0.5, 0.6) is 0 Å². The summed E-state index contributed by atoms with van der Waals surface area (Å²) in [7, 11) is 0. The van der Waals surface area contributed by atoms with E-state index in [2.05, 4.69) is 17.8 Å². The predicted octanol–water partition coefficient (Wildman–Crippen LogP) is 0.887. The molecule has 0 fully saturated rings. The Morgan fingerprint density at radius 1 is 1.23 bits per heavy atom. The molecule has 0 spiro atoms. The average molecular weight is 180 g/mol. The van der Waals surface area contributed by atoms with Gasteiger partial charge in [-0.25, -0.2) is 0 Å². The zero-order valence-corrected chi connectivity index (χ0v) is 7.75. The van der Waals surface area contributed by atoms with Crippen LogP contribution in [-0.4, -0.2) is 0 Å². The van der Waals surface area contributed by atoms with Crippen LogP contribution in [0.2, 0.25) is 0 Å². The van der Waals surface area contributed by atoms with E-state index in [-0.39, 0.29) is 6.04 Å². The number of hydrogen-bond donors (Lipinski definition) is 4. The van der Waals surface area contributed by atoms with Crippen molar-refractivity contribution in [3.05, 3.63) is 29.8 Å². The fraction of sp³-hybridized carbons (Fsp3) is 0.333. The smallest absolute Gasteiger partial charge is 0.0485 e. The second-order valence-electron chi connectivity index (χ2n) is 2.89. The quantitative estimate of drug-likeness (QED) is 0.410. The van der Waals surface area contributed by atoms with Gasteiger partial charge in [0.05, 0.1) is 0 Å². The van der Waals surface area contributed by atoms with Gasteiger partial charge in [-0.15, -0.1) is 0 Å². The molecule has 0 aliphatic rings. The largest absolute Gasteiger partial charge is 0.324 e. The molecule has 1 aromatic rings. The number of nitrogens with two attached hydrogens (primary N) is 2. The molecule has 13 heavy (non-hydrogen) atoms. The molecule has 4 heteroatoms. The standard InChI is InChI=1S/C9H16N4/c1-2-9(13-11)7-3-5-8(12-10)6-4-7/h3-6,9,12-13H,2,10-11H2,1H3. The highest BCUT2D eigenvalue weighted by Gasteiger charge is 2.05. The molecule has 1 aromatic carbocycles.